The van der Waals surface area contributed by atoms with Crippen molar-refractivity contribution >= 4 is 34.9 Å². The van der Waals surface area contributed by atoms with Crippen molar-refractivity contribution in [2.24, 2.45) is 5.92 Å². The highest BCUT2D eigenvalue weighted by Crippen LogP contribution is 2.37. The van der Waals surface area contributed by atoms with Crippen molar-refractivity contribution in [3.05, 3.63) is 75.7 Å². The molecule has 2 aromatic carbocycles. The summed E-state index contributed by atoms with van der Waals surface area (Å²) in [5.41, 5.74) is 8.26. The second-order valence-corrected chi connectivity index (χ2v) is 8.99. The first-order chi connectivity index (χ1) is 16.1. The van der Waals surface area contributed by atoms with Gasteiger partial charge in [-0.25, -0.2) is 9.37 Å². The molecule has 3 aromatic rings. The van der Waals surface area contributed by atoms with Crippen LogP contribution < -0.4 is 15.8 Å². The van der Waals surface area contributed by atoms with E-state index in [-0.39, 0.29) is 46.1 Å². The molecule has 9 heteroatoms. The van der Waals surface area contributed by atoms with Gasteiger partial charge in [-0.2, -0.15) is 0 Å². The normalized spacial score (nSPS) is 12.9. The molecule has 6 nitrogen and oxygen atoms in total. The second kappa shape index (κ2) is 11.0. The van der Waals surface area contributed by atoms with Gasteiger partial charge in [0.1, 0.15) is 11.9 Å². The molecule has 3 rings (SSSR count). The molecule has 0 aliphatic carbocycles. The van der Waals surface area contributed by atoms with Crippen LogP contribution in [0.5, 0.6) is 5.75 Å². The molecule has 180 valence electrons. The Balaban J connectivity index is 1.81. The largest absolute Gasteiger partial charge is 0.482 e. The third-order valence-electron chi connectivity index (χ3n) is 5.47. The summed E-state index contributed by atoms with van der Waals surface area (Å²) in [7, 11) is 0. The monoisotopic (exact) mass is 505 g/mol. The number of nitrogens with one attached hydrogen (secondary N) is 1. The third-order valence-corrected chi connectivity index (χ3v) is 6.18. The molecule has 2 atom stereocenters. The minimum absolute atomic E-state index is 0.104. The smallest absolute Gasteiger partial charge is 0.251 e. The van der Waals surface area contributed by atoms with Gasteiger partial charge in [-0.1, -0.05) is 49.2 Å². The van der Waals surface area contributed by atoms with Crippen LogP contribution in [-0.2, 0) is 0 Å². The van der Waals surface area contributed by atoms with E-state index in [1.807, 2.05) is 13.8 Å². The van der Waals surface area contributed by atoms with Gasteiger partial charge >= 0.3 is 0 Å². The number of nitrogen functional groups attached to an aromatic ring is 1. The van der Waals surface area contributed by atoms with Gasteiger partial charge in [0.25, 0.3) is 5.91 Å². The molecule has 0 unspecified atom stereocenters. The summed E-state index contributed by atoms with van der Waals surface area (Å²) in [4.78, 5) is 16.7. The van der Waals surface area contributed by atoms with E-state index in [0.717, 1.165) is 5.56 Å². The van der Waals surface area contributed by atoms with Crippen LogP contribution in [0.15, 0.2) is 48.7 Å². The van der Waals surface area contributed by atoms with Crippen molar-refractivity contribution < 1.29 is 19.0 Å². The van der Waals surface area contributed by atoms with Crippen molar-refractivity contribution in [3.63, 3.8) is 0 Å². The second-order valence-electron chi connectivity index (χ2n) is 8.21. The van der Waals surface area contributed by atoms with E-state index >= 15 is 0 Å². The summed E-state index contributed by atoms with van der Waals surface area (Å²) in [6.45, 7) is 5.40. The van der Waals surface area contributed by atoms with Gasteiger partial charge in [-0.15, -0.1) is 0 Å². The SMILES string of the molecule is CC(C)[C@@H](CO)NC(=O)c1ccc(-c2cnc(N)c(O[C@@H](C)c3c(Cl)ccc(F)c3Cl)c2)cc1. The van der Waals surface area contributed by atoms with Crippen LogP contribution in [0.3, 0.4) is 0 Å². The van der Waals surface area contributed by atoms with E-state index in [1.165, 1.54) is 12.1 Å². The maximum absolute atomic E-state index is 13.9. The highest BCUT2D eigenvalue weighted by molar-refractivity contribution is 6.36. The molecule has 0 fully saturated rings. The lowest BCUT2D eigenvalue weighted by Gasteiger charge is -2.20. The molecule has 4 N–H and O–H groups in total. The topological polar surface area (TPSA) is 97.5 Å². The maximum Gasteiger partial charge on any atom is 0.251 e. The minimum atomic E-state index is -0.693. The summed E-state index contributed by atoms with van der Waals surface area (Å²) < 4.78 is 19.9. The van der Waals surface area contributed by atoms with Crippen LogP contribution >= 0.6 is 23.2 Å². The zero-order chi connectivity index (χ0) is 25.0. The minimum Gasteiger partial charge on any atom is -0.482 e. The van der Waals surface area contributed by atoms with Crippen molar-refractivity contribution in [1.82, 2.24) is 10.3 Å². The summed E-state index contributed by atoms with van der Waals surface area (Å²) in [5.74, 6) is -0.326. The van der Waals surface area contributed by atoms with Crippen LogP contribution in [0.4, 0.5) is 10.2 Å². The number of ether oxygens (including phenoxy) is 1. The van der Waals surface area contributed by atoms with Gasteiger partial charge in [0, 0.05) is 27.9 Å². The lowest BCUT2D eigenvalue weighted by atomic mass is 10.0. The Bertz CT molecular complexity index is 1170. The molecule has 1 amide bonds. The fourth-order valence-corrected chi connectivity index (χ4v) is 4.04. The number of hydrogen-bond acceptors (Lipinski definition) is 5. The quantitative estimate of drug-likeness (QED) is 0.343. The average Bonchev–Trinajstić information content (AvgIpc) is 2.81. The summed E-state index contributed by atoms with van der Waals surface area (Å²) in [5, 5.41) is 12.4. The Morgan fingerprint density at radius 3 is 2.44 bits per heavy atom. The zero-order valence-corrected chi connectivity index (χ0v) is 20.5. The zero-order valence-electron chi connectivity index (χ0n) is 19.0. The summed E-state index contributed by atoms with van der Waals surface area (Å²) in [6, 6.07) is 10.9. The Morgan fingerprint density at radius 2 is 1.82 bits per heavy atom. The Morgan fingerprint density at radius 1 is 1.15 bits per heavy atom. The van der Waals surface area contributed by atoms with Crippen LogP contribution in [0.2, 0.25) is 10.0 Å². The van der Waals surface area contributed by atoms with Gasteiger partial charge in [0.15, 0.2) is 11.6 Å². The van der Waals surface area contributed by atoms with Crippen LogP contribution in [0, 0.1) is 11.7 Å². The summed E-state index contributed by atoms with van der Waals surface area (Å²) >= 11 is 12.3. The Hall–Kier alpha value is -2.87. The number of anilines is 1. The third kappa shape index (κ3) is 5.78. The number of hydrogen-bond donors (Lipinski definition) is 3. The van der Waals surface area contributed by atoms with E-state index in [2.05, 4.69) is 10.3 Å². The van der Waals surface area contributed by atoms with E-state index in [4.69, 9.17) is 33.7 Å². The lowest BCUT2D eigenvalue weighted by Crippen LogP contribution is -2.41. The first-order valence-corrected chi connectivity index (χ1v) is 11.5. The Labute approximate surface area is 207 Å². The van der Waals surface area contributed by atoms with Crippen molar-refractivity contribution in [1.29, 1.82) is 0 Å². The number of aliphatic hydroxyl groups is 1. The number of carbonyl (C=O) groups is 1. The van der Waals surface area contributed by atoms with Crippen molar-refractivity contribution in [2.45, 2.75) is 32.9 Å². The molecule has 0 saturated carbocycles. The first-order valence-electron chi connectivity index (χ1n) is 10.7. The van der Waals surface area contributed by atoms with Gasteiger partial charge in [0.05, 0.1) is 17.7 Å². The molecular weight excluding hydrogens is 480 g/mol. The van der Waals surface area contributed by atoms with Gasteiger partial charge < -0.3 is 20.9 Å². The number of aliphatic hydroxyl groups excluding tert-OH is 1. The number of aromatic nitrogens is 1. The van der Waals surface area contributed by atoms with Crippen molar-refractivity contribution in [3.8, 4) is 16.9 Å². The fraction of sp³-hybridized carbons (Fsp3) is 0.280. The standard InChI is InChI=1S/C25H26Cl2FN3O3/c1-13(2)20(12-32)31-25(33)16-6-4-15(5-7-16)17-10-21(24(29)30-11-17)34-14(3)22-18(26)8-9-19(28)23(22)27/h4-11,13-14,20,32H,12H2,1-3H3,(H2,29,30)(H,31,33)/t14-,20+/m0/s1. The molecular formula is C25H26Cl2FN3O3. The molecule has 1 aromatic heterocycles. The number of rotatable bonds is 8. The van der Waals surface area contributed by atoms with Crippen LogP contribution in [-0.4, -0.2) is 28.6 Å². The first kappa shape index (κ1) is 25.7. The maximum atomic E-state index is 13.9. The number of nitrogens with two attached hydrogens (primary N) is 1. The molecule has 1 heterocycles. The van der Waals surface area contributed by atoms with E-state index in [1.54, 1.807) is 43.5 Å². The van der Waals surface area contributed by atoms with E-state index < -0.39 is 11.9 Å². The predicted molar refractivity (Wildman–Crippen MR) is 133 cm³/mol. The van der Waals surface area contributed by atoms with Gasteiger partial charge in [-0.3, -0.25) is 4.79 Å². The number of halogens is 3. The van der Waals surface area contributed by atoms with Crippen LogP contribution in [0.1, 0.15) is 42.8 Å². The fourth-order valence-electron chi connectivity index (χ4n) is 3.36. The van der Waals surface area contributed by atoms with Crippen LogP contribution in [0.25, 0.3) is 11.1 Å². The van der Waals surface area contributed by atoms with E-state index in [9.17, 15) is 14.3 Å². The van der Waals surface area contributed by atoms with E-state index in [0.29, 0.717) is 16.7 Å². The number of pyridine rings is 1. The predicted octanol–water partition coefficient (Wildman–Crippen LogP) is 5.66. The number of amides is 1. The number of benzene rings is 2. The van der Waals surface area contributed by atoms with Gasteiger partial charge in [0.2, 0.25) is 0 Å². The van der Waals surface area contributed by atoms with Crippen molar-refractivity contribution in [2.75, 3.05) is 12.3 Å². The lowest BCUT2D eigenvalue weighted by molar-refractivity contribution is 0.0897. The highest BCUT2D eigenvalue weighted by Gasteiger charge is 2.20. The number of carbonyl (C=O) groups excluding carboxylic acids is 1. The molecule has 0 aliphatic rings. The van der Waals surface area contributed by atoms with Gasteiger partial charge in [-0.05, 0) is 48.7 Å². The molecule has 0 saturated heterocycles. The molecule has 0 radical (unpaired) electrons. The molecule has 0 bridgehead atoms. The highest BCUT2D eigenvalue weighted by atomic mass is 35.5. The summed E-state index contributed by atoms with van der Waals surface area (Å²) in [6.07, 6.45) is 0.895. The molecule has 0 aliphatic heterocycles. The molecule has 34 heavy (non-hydrogen) atoms. The average molecular weight is 506 g/mol. The number of nitrogens with zero attached hydrogens (tertiary/aromatic N) is 1. The molecule has 0 spiro atoms. The Kier molecular flexibility index (Phi) is 8.36.